The zero-order chi connectivity index (χ0) is 15.8. The number of carbonyl (C=O) groups is 1. The molecule has 0 unspecified atom stereocenters. The fourth-order valence-corrected chi connectivity index (χ4v) is 1.87. The quantitative estimate of drug-likeness (QED) is 0.449. The van der Waals surface area contributed by atoms with Gasteiger partial charge in [-0.15, -0.1) is 5.56 Å². The number of carboxylic acid groups (broad SMARTS) is 1. The summed E-state index contributed by atoms with van der Waals surface area (Å²) in [5.41, 5.74) is 3.17. The number of carboxylic acids is 1. The van der Waals surface area contributed by atoms with Gasteiger partial charge in [0, 0.05) is 5.69 Å². The van der Waals surface area contributed by atoms with Crippen LogP contribution in [0.4, 0.5) is 0 Å². The summed E-state index contributed by atoms with van der Waals surface area (Å²) in [6.07, 6.45) is 0. The van der Waals surface area contributed by atoms with E-state index >= 15 is 0 Å². The maximum absolute atomic E-state index is 10.2. The van der Waals surface area contributed by atoms with Crippen LogP contribution in [-0.4, -0.2) is 11.0 Å². The summed E-state index contributed by atoms with van der Waals surface area (Å²) < 4.78 is 0. The maximum Gasteiger partial charge on any atom is 2.00 e. The standard InChI is InChI=1S/C12H9.C7H7NO2.ClH.Os/c1-3-7-11(8-4-1)12-9-5-2-6-10-12;1-5-3-2-4-6(8-5)7(9)10;;/h1,3-10H;2-4H,1H3,(H,9,10);1H;/q-1;;;+2/p-2. The van der Waals surface area contributed by atoms with Crippen LogP contribution in [0.15, 0.2) is 72.8 Å². The van der Waals surface area contributed by atoms with Gasteiger partial charge in [-0.05, 0) is 24.6 Å². The predicted molar refractivity (Wildman–Crippen MR) is 84.0 cm³/mol. The second-order valence-corrected chi connectivity index (χ2v) is 4.61. The molecule has 5 heteroatoms. The third kappa shape index (κ3) is 7.04. The molecule has 0 fully saturated rings. The Balaban J connectivity index is 0.000000413. The van der Waals surface area contributed by atoms with Crippen molar-refractivity contribution >= 4 is 5.97 Å². The summed E-state index contributed by atoms with van der Waals surface area (Å²) >= 11 is 0. The number of hydrogen-bond donors (Lipinski definition) is 0. The largest absolute Gasteiger partial charge is 2.00 e. The first kappa shape index (κ1) is 22.0. The van der Waals surface area contributed by atoms with E-state index in [0.29, 0.717) is 5.69 Å². The molecular formula is C19H15ClNO2Os-. The summed E-state index contributed by atoms with van der Waals surface area (Å²) in [6, 6.07) is 26.1. The van der Waals surface area contributed by atoms with Crippen molar-refractivity contribution in [3.8, 4) is 11.1 Å². The molecule has 0 atom stereocenters. The van der Waals surface area contributed by atoms with Crippen molar-refractivity contribution in [2.45, 2.75) is 6.92 Å². The van der Waals surface area contributed by atoms with Gasteiger partial charge in [0.2, 0.25) is 0 Å². The average molecular weight is 515 g/mol. The predicted octanol–water partition coefficient (Wildman–Crippen LogP) is -0.0912. The molecule has 3 rings (SSSR count). The summed E-state index contributed by atoms with van der Waals surface area (Å²) in [5.74, 6) is -1.23. The van der Waals surface area contributed by atoms with E-state index < -0.39 is 5.97 Å². The molecule has 124 valence electrons. The summed E-state index contributed by atoms with van der Waals surface area (Å²) in [4.78, 5) is 13.9. The van der Waals surface area contributed by atoms with Crippen LogP contribution in [0.2, 0.25) is 0 Å². The molecular weight excluding hydrogens is 500 g/mol. The molecule has 0 amide bonds. The molecule has 24 heavy (non-hydrogen) atoms. The van der Waals surface area contributed by atoms with Crippen LogP contribution < -0.4 is 17.5 Å². The molecule has 0 radical (unpaired) electrons. The Bertz CT molecular complexity index is 699. The fourth-order valence-electron chi connectivity index (χ4n) is 1.87. The first-order chi connectivity index (χ1) is 10.7. The van der Waals surface area contributed by atoms with Gasteiger partial charge < -0.3 is 22.3 Å². The van der Waals surface area contributed by atoms with Crippen molar-refractivity contribution in [1.29, 1.82) is 0 Å². The average Bonchev–Trinajstić information content (AvgIpc) is 2.57. The number of aromatic nitrogens is 1. The topological polar surface area (TPSA) is 53.0 Å². The number of hydrogen-bond acceptors (Lipinski definition) is 3. The summed E-state index contributed by atoms with van der Waals surface area (Å²) in [7, 11) is 0. The van der Waals surface area contributed by atoms with E-state index in [1.165, 1.54) is 17.2 Å². The van der Waals surface area contributed by atoms with Crippen LogP contribution in [-0.2, 0) is 19.8 Å². The molecule has 0 aliphatic carbocycles. The van der Waals surface area contributed by atoms with Crippen molar-refractivity contribution in [3.05, 3.63) is 90.3 Å². The van der Waals surface area contributed by atoms with Gasteiger partial charge >= 0.3 is 19.8 Å². The molecule has 3 aromatic rings. The molecule has 2 aromatic carbocycles. The van der Waals surface area contributed by atoms with Gasteiger partial charge in [0.15, 0.2) is 0 Å². The second kappa shape index (κ2) is 11.5. The number of benzene rings is 2. The molecule has 0 spiro atoms. The molecule has 0 bridgehead atoms. The van der Waals surface area contributed by atoms with Gasteiger partial charge in [-0.25, -0.2) is 0 Å². The first-order valence-corrected chi connectivity index (χ1v) is 6.83. The van der Waals surface area contributed by atoms with E-state index in [1.807, 2.05) is 30.3 Å². The third-order valence-electron chi connectivity index (χ3n) is 2.92. The Morgan fingerprint density at radius 3 is 2.00 bits per heavy atom. The Labute approximate surface area is 161 Å². The van der Waals surface area contributed by atoms with E-state index in [9.17, 15) is 9.90 Å². The van der Waals surface area contributed by atoms with Gasteiger partial charge in [0.1, 0.15) is 0 Å². The third-order valence-corrected chi connectivity index (χ3v) is 2.92. The van der Waals surface area contributed by atoms with Crippen molar-refractivity contribution in [2.75, 3.05) is 0 Å². The number of halogens is 1. The van der Waals surface area contributed by atoms with E-state index in [2.05, 4.69) is 35.3 Å². The van der Waals surface area contributed by atoms with Gasteiger partial charge in [-0.2, -0.15) is 30.3 Å². The number of rotatable bonds is 2. The zero-order valence-electron chi connectivity index (χ0n) is 12.9. The molecule has 0 saturated carbocycles. The van der Waals surface area contributed by atoms with Crippen molar-refractivity contribution in [2.24, 2.45) is 0 Å². The fraction of sp³-hybridized carbons (Fsp3) is 0.0526. The minimum atomic E-state index is -1.23. The Morgan fingerprint density at radius 1 is 0.917 bits per heavy atom. The number of nitrogens with zero attached hydrogens (tertiary/aromatic N) is 1. The number of pyridine rings is 1. The van der Waals surface area contributed by atoms with Gasteiger partial charge in [0.05, 0.1) is 11.7 Å². The van der Waals surface area contributed by atoms with Gasteiger partial charge in [-0.3, -0.25) is 4.98 Å². The molecule has 0 aliphatic rings. The van der Waals surface area contributed by atoms with Crippen LogP contribution in [0.3, 0.4) is 0 Å². The Kier molecular flexibility index (Phi) is 10.5. The van der Waals surface area contributed by atoms with E-state index in [-0.39, 0.29) is 37.9 Å². The monoisotopic (exact) mass is 516 g/mol. The van der Waals surface area contributed by atoms with E-state index in [1.54, 1.807) is 19.1 Å². The molecule has 0 saturated heterocycles. The molecule has 0 N–H and O–H groups in total. The van der Waals surface area contributed by atoms with Crippen molar-refractivity contribution in [1.82, 2.24) is 4.98 Å². The molecule has 1 aromatic heterocycles. The minimum Gasteiger partial charge on any atom is -1.00 e. The summed E-state index contributed by atoms with van der Waals surface area (Å²) in [5, 5.41) is 10.2. The van der Waals surface area contributed by atoms with Crippen LogP contribution in [0, 0.1) is 13.0 Å². The van der Waals surface area contributed by atoms with Crippen LogP contribution in [0.5, 0.6) is 0 Å². The van der Waals surface area contributed by atoms with Crippen molar-refractivity contribution in [3.63, 3.8) is 0 Å². The second-order valence-electron chi connectivity index (χ2n) is 4.61. The number of aryl methyl sites for hydroxylation is 1. The molecule has 0 aliphatic heterocycles. The minimum absolute atomic E-state index is 0. The van der Waals surface area contributed by atoms with Crippen molar-refractivity contribution < 1.29 is 42.1 Å². The van der Waals surface area contributed by atoms with Crippen LogP contribution in [0.1, 0.15) is 16.2 Å². The maximum atomic E-state index is 10.2. The molecule has 3 nitrogen and oxygen atoms in total. The Hall–Kier alpha value is -2.01. The first-order valence-electron chi connectivity index (χ1n) is 6.83. The SMILES string of the molecule is Cc1cccc(C(=O)[O-])n1.[Cl-].[Os+2].[c-]1ccc(-c2ccccc2)cc1. The Morgan fingerprint density at radius 2 is 1.50 bits per heavy atom. The molecule has 1 heterocycles. The summed E-state index contributed by atoms with van der Waals surface area (Å²) in [6.45, 7) is 1.73. The van der Waals surface area contributed by atoms with Gasteiger partial charge in [-0.1, -0.05) is 36.4 Å². The number of carbonyl (C=O) groups excluding carboxylic acids is 1. The van der Waals surface area contributed by atoms with E-state index in [4.69, 9.17) is 0 Å². The van der Waals surface area contributed by atoms with E-state index in [0.717, 1.165) is 0 Å². The van der Waals surface area contributed by atoms with Crippen LogP contribution in [0.25, 0.3) is 11.1 Å². The normalized spacial score (nSPS) is 8.71. The van der Waals surface area contributed by atoms with Crippen LogP contribution >= 0.6 is 0 Å². The number of aromatic carboxylic acids is 1. The smallest absolute Gasteiger partial charge is 1.00 e. The zero-order valence-corrected chi connectivity index (χ0v) is 16.2. The van der Waals surface area contributed by atoms with Gasteiger partial charge in [0.25, 0.3) is 0 Å².